The molecule has 0 spiro atoms. The van der Waals surface area contributed by atoms with Crippen LogP contribution in [-0.4, -0.2) is 101 Å². The lowest BCUT2D eigenvalue weighted by atomic mass is 10.2. The second kappa shape index (κ2) is 11.1. The van der Waals surface area contributed by atoms with E-state index in [1.165, 1.54) is 0 Å². The molecule has 8 nitrogen and oxygen atoms in total. The normalized spacial score (nSPS) is 19.7. The SMILES string of the molecule is Cc1ccc(S(=O)(=O)N2CCN(CCCN3CCN(S(=O)(=O)c4ccc(C)cc4)CC3)CC2)cc1. The molecular weight excluding hydrogens is 484 g/mol. The highest BCUT2D eigenvalue weighted by molar-refractivity contribution is 7.89. The van der Waals surface area contributed by atoms with Crippen LogP contribution in [0.5, 0.6) is 0 Å². The number of sulfonamides is 2. The van der Waals surface area contributed by atoms with Crippen molar-refractivity contribution in [2.24, 2.45) is 0 Å². The Balaban J connectivity index is 1.18. The zero-order chi connectivity index (χ0) is 25.1. The van der Waals surface area contributed by atoms with Crippen LogP contribution in [0.2, 0.25) is 0 Å². The minimum absolute atomic E-state index is 0.361. The molecule has 35 heavy (non-hydrogen) atoms. The molecule has 2 aromatic carbocycles. The standard InChI is InChI=1S/C25H36N4O4S2/c1-22-4-8-24(9-5-22)34(30,31)28-18-14-26(15-19-28)12-3-13-27-16-20-29(21-17-27)35(32,33)25-10-6-23(2)7-11-25/h4-11H,3,12-21H2,1-2H3. The van der Waals surface area contributed by atoms with E-state index in [0.717, 1.165) is 56.8 Å². The van der Waals surface area contributed by atoms with E-state index in [1.807, 2.05) is 38.1 Å². The number of hydrogen-bond acceptors (Lipinski definition) is 6. The molecule has 0 N–H and O–H groups in total. The van der Waals surface area contributed by atoms with Gasteiger partial charge in [0.1, 0.15) is 0 Å². The van der Waals surface area contributed by atoms with E-state index in [2.05, 4.69) is 9.80 Å². The van der Waals surface area contributed by atoms with Gasteiger partial charge in [-0.25, -0.2) is 16.8 Å². The summed E-state index contributed by atoms with van der Waals surface area (Å²) in [5.41, 5.74) is 2.09. The maximum atomic E-state index is 12.9. The third-order valence-electron chi connectivity index (χ3n) is 6.93. The third kappa shape index (κ3) is 6.31. The fraction of sp³-hybridized carbons (Fsp3) is 0.520. The first-order chi connectivity index (χ1) is 16.7. The first kappa shape index (κ1) is 26.2. The predicted octanol–water partition coefficient (Wildman–Crippen LogP) is 2.01. The van der Waals surface area contributed by atoms with Crippen LogP contribution < -0.4 is 0 Å². The highest BCUT2D eigenvalue weighted by atomic mass is 32.2. The number of aryl methyl sites for hydroxylation is 2. The average Bonchev–Trinajstić information content (AvgIpc) is 2.85. The van der Waals surface area contributed by atoms with Gasteiger partial charge in [0.2, 0.25) is 20.0 Å². The van der Waals surface area contributed by atoms with Gasteiger partial charge in [-0.15, -0.1) is 0 Å². The summed E-state index contributed by atoms with van der Waals surface area (Å²) >= 11 is 0. The Morgan fingerprint density at radius 2 is 0.857 bits per heavy atom. The van der Waals surface area contributed by atoms with Crippen LogP contribution in [-0.2, 0) is 20.0 Å². The lowest BCUT2D eigenvalue weighted by Crippen LogP contribution is -2.50. The largest absolute Gasteiger partial charge is 0.301 e. The lowest BCUT2D eigenvalue weighted by Gasteiger charge is -2.36. The van der Waals surface area contributed by atoms with Crippen molar-refractivity contribution in [1.29, 1.82) is 0 Å². The van der Waals surface area contributed by atoms with Gasteiger partial charge in [0.05, 0.1) is 9.79 Å². The van der Waals surface area contributed by atoms with Crippen molar-refractivity contribution >= 4 is 20.0 Å². The fourth-order valence-corrected chi connectivity index (χ4v) is 7.47. The Morgan fingerprint density at radius 1 is 0.543 bits per heavy atom. The van der Waals surface area contributed by atoms with Gasteiger partial charge < -0.3 is 9.80 Å². The van der Waals surface area contributed by atoms with Crippen molar-refractivity contribution in [3.05, 3.63) is 59.7 Å². The summed E-state index contributed by atoms with van der Waals surface area (Å²) in [6, 6.07) is 14.1. The van der Waals surface area contributed by atoms with Gasteiger partial charge in [0.15, 0.2) is 0 Å². The van der Waals surface area contributed by atoms with Crippen molar-refractivity contribution in [2.75, 3.05) is 65.4 Å². The van der Waals surface area contributed by atoms with Crippen molar-refractivity contribution in [3.8, 4) is 0 Å². The summed E-state index contributed by atoms with van der Waals surface area (Å²) in [6.45, 7) is 10.7. The van der Waals surface area contributed by atoms with Crippen molar-refractivity contribution in [2.45, 2.75) is 30.1 Å². The van der Waals surface area contributed by atoms with Gasteiger partial charge in [0.25, 0.3) is 0 Å². The molecule has 2 aromatic rings. The van der Waals surface area contributed by atoms with Gasteiger partial charge in [-0.2, -0.15) is 8.61 Å². The van der Waals surface area contributed by atoms with E-state index in [1.54, 1.807) is 32.9 Å². The quantitative estimate of drug-likeness (QED) is 0.530. The van der Waals surface area contributed by atoms with Crippen molar-refractivity contribution in [3.63, 3.8) is 0 Å². The highest BCUT2D eigenvalue weighted by Crippen LogP contribution is 2.20. The molecule has 0 amide bonds. The van der Waals surface area contributed by atoms with Crippen LogP contribution in [0.3, 0.4) is 0 Å². The predicted molar refractivity (Wildman–Crippen MR) is 137 cm³/mol. The van der Waals surface area contributed by atoms with Crippen LogP contribution in [0, 0.1) is 13.8 Å². The zero-order valence-corrected chi connectivity index (χ0v) is 22.3. The van der Waals surface area contributed by atoms with E-state index in [-0.39, 0.29) is 0 Å². The van der Waals surface area contributed by atoms with Gasteiger partial charge >= 0.3 is 0 Å². The first-order valence-corrected chi connectivity index (χ1v) is 15.1. The van der Waals surface area contributed by atoms with Crippen molar-refractivity contribution in [1.82, 2.24) is 18.4 Å². The zero-order valence-electron chi connectivity index (χ0n) is 20.6. The third-order valence-corrected chi connectivity index (χ3v) is 10.8. The maximum Gasteiger partial charge on any atom is 0.243 e. The number of piperazine rings is 2. The second-order valence-corrected chi connectivity index (χ2v) is 13.3. The number of benzene rings is 2. The van der Waals surface area contributed by atoms with Gasteiger partial charge in [0, 0.05) is 52.4 Å². The van der Waals surface area contributed by atoms with E-state index in [4.69, 9.17) is 0 Å². The van der Waals surface area contributed by atoms with E-state index in [9.17, 15) is 16.8 Å². The minimum Gasteiger partial charge on any atom is -0.301 e. The lowest BCUT2D eigenvalue weighted by molar-refractivity contribution is 0.157. The number of rotatable bonds is 8. The molecule has 0 aromatic heterocycles. The summed E-state index contributed by atoms with van der Waals surface area (Å²) in [5, 5.41) is 0. The van der Waals surface area contributed by atoms with Gasteiger partial charge in [-0.05, 0) is 57.6 Å². The van der Waals surface area contributed by atoms with E-state index < -0.39 is 20.0 Å². The number of hydrogen-bond donors (Lipinski definition) is 0. The van der Waals surface area contributed by atoms with Gasteiger partial charge in [-0.1, -0.05) is 35.4 Å². The number of nitrogens with zero attached hydrogens (tertiary/aromatic N) is 4. The average molecular weight is 521 g/mol. The molecule has 0 radical (unpaired) electrons. The molecule has 4 rings (SSSR count). The molecule has 0 bridgehead atoms. The molecular formula is C25H36N4O4S2. The molecule has 0 saturated carbocycles. The maximum absolute atomic E-state index is 12.9. The summed E-state index contributed by atoms with van der Waals surface area (Å²) in [6.07, 6.45) is 0.982. The summed E-state index contributed by atoms with van der Waals surface area (Å²) in [5.74, 6) is 0. The highest BCUT2D eigenvalue weighted by Gasteiger charge is 2.30. The summed E-state index contributed by atoms with van der Waals surface area (Å²) in [7, 11) is -6.87. The van der Waals surface area contributed by atoms with Crippen LogP contribution in [0.25, 0.3) is 0 Å². The van der Waals surface area contributed by atoms with Crippen LogP contribution >= 0.6 is 0 Å². The molecule has 2 aliphatic heterocycles. The molecule has 192 valence electrons. The van der Waals surface area contributed by atoms with Crippen LogP contribution in [0.1, 0.15) is 17.5 Å². The Labute approximate surface area is 210 Å². The fourth-order valence-electron chi connectivity index (χ4n) is 4.62. The van der Waals surface area contributed by atoms with E-state index >= 15 is 0 Å². The van der Waals surface area contributed by atoms with Crippen molar-refractivity contribution < 1.29 is 16.8 Å². The smallest absolute Gasteiger partial charge is 0.243 e. The Kier molecular flexibility index (Phi) is 8.30. The Hall–Kier alpha value is -1.82. The topological polar surface area (TPSA) is 81.2 Å². The summed E-state index contributed by atoms with van der Waals surface area (Å²) < 4.78 is 54.7. The van der Waals surface area contributed by atoms with Crippen LogP contribution in [0.15, 0.2) is 58.3 Å². The first-order valence-electron chi connectivity index (χ1n) is 12.2. The van der Waals surface area contributed by atoms with E-state index in [0.29, 0.717) is 36.0 Å². The minimum atomic E-state index is -3.43. The Bertz CT molecular complexity index is 1090. The molecule has 0 unspecified atom stereocenters. The molecule has 0 aliphatic carbocycles. The second-order valence-electron chi connectivity index (χ2n) is 9.47. The monoisotopic (exact) mass is 520 g/mol. The van der Waals surface area contributed by atoms with Gasteiger partial charge in [-0.3, -0.25) is 0 Å². The molecule has 10 heteroatoms. The Morgan fingerprint density at radius 3 is 1.17 bits per heavy atom. The molecule has 2 fully saturated rings. The molecule has 2 saturated heterocycles. The summed E-state index contributed by atoms with van der Waals surface area (Å²) in [4.78, 5) is 5.36. The molecule has 0 atom stereocenters. The molecule has 2 heterocycles. The molecule has 2 aliphatic rings. The van der Waals surface area contributed by atoms with Crippen LogP contribution in [0.4, 0.5) is 0 Å².